The van der Waals surface area contributed by atoms with Crippen molar-refractivity contribution in [3.8, 4) is 0 Å². The van der Waals surface area contributed by atoms with Gasteiger partial charge >= 0.3 is 0 Å². The molecule has 2 N–H and O–H groups in total. The third-order valence-electron chi connectivity index (χ3n) is 6.04. The van der Waals surface area contributed by atoms with Crippen LogP contribution in [0.3, 0.4) is 0 Å². The van der Waals surface area contributed by atoms with Gasteiger partial charge < -0.3 is 15.4 Å². The second-order valence-electron chi connectivity index (χ2n) is 7.72. The summed E-state index contributed by atoms with van der Waals surface area (Å²) in [7, 11) is 0. The summed E-state index contributed by atoms with van der Waals surface area (Å²) in [5.41, 5.74) is 0. The number of hydrogen-bond acceptors (Lipinski definition) is 3. The Morgan fingerprint density at radius 3 is 2.77 bits per heavy atom. The second kappa shape index (κ2) is 9.46. The molecule has 3 fully saturated rings. The maximum absolute atomic E-state index is 5.66. The van der Waals surface area contributed by atoms with E-state index >= 15 is 0 Å². The highest BCUT2D eigenvalue weighted by Gasteiger charge is 2.34. The van der Waals surface area contributed by atoms with Crippen molar-refractivity contribution in [2.24, 2.45) is 17.8 Å². The molecule has 5 atom stereocenters. The first-order valence-corrected chi connectivity index (χ1v) is 9.37. The Bertz CT molecular complexity index is 309. The largest absolute Gasteiger partial charge is 0.379 e. The molecule has 4 heteroatoms. The van der Waals surface area contributed by atoms with Crippen LogP contribution in [0.25, 0.3) is 0 Å². The van der Waals surface area contributed by atoms with Gasteiger partial charge in [-0.25, -0.2) is 0 Å². The molecule has 2 aliphatic carbocycles. The summed E-state index contributed by atoms with van der Waals surface area (Å²) in [6.45, 7) is 6.51. The normalized spacial score (nSPS) is 39.4. The summed E-state index contributed by atoms with van der Waals surface area (Å²) in [5.74, 6) is 2.74. The highest BCUT2D eigenvalue weighted by Crippen LogP contribution is 2.32. The monoisotopic (exact) mass is 330 g/mol. The van der Waals surface area contributed by atoms with Gasteiger partial charge in [0.2, 0.25) is 0 Å². The quantitative estimate of drug-likeness (QED) is 0.811. The van der Waals surface area contributed by atoms with Crippen molar-refractivity contribution in [3.63, 3.8) is 0 Å². The van der Waals surface area contributed by atoms with Gasteiger partial charge in [0.05, 0.1) is 13.2 Å². The van der Waals surface area contributed by atoms with Crippen LogP contribution in [-0.2, 0) is 4.74 Å². The number of morpholine rings is 1. The van der Waals surface area contributed by atoms with Gasteiger partial charge in [0.15, 0.2) is 0 Å². The molecule has 3 nitrogen and oxygen atoms in total. The number of hydrogen-bond donors (Lipinski definition) is 2. The predicted octanol–water partition coefficient (Wildman–Crippen LogP) is 3.37. The lowest BCUT2D eigenvalue weighted by Crippen LogP contribution is -2.51. The lowest BCUT2D eigenvalue weighted by molar-refractivity contribution is 0.0524. The van der Waals surface area contributed by atoms with Crippen LogP contribution in [-0.4, -0.2) is 38.4 Å². The predicted molar refractivity (Wildman–Crippen MR) is 94.7 cm³/mol. The standard InChI is InChI=1S/C18H34N2O.ClH/c1-14-4-2-5-15(12-14)8-9-19-17-7-3-6-16(17)18-13-21-11-10-20-18;/h14-20H,2-13H2,1H3;1H. The van der Waals surface area contributed by atoms with Gasteiger partial charge in [0, 0.05) is 18.6 Å². The summed E-state index contributed by atoms with van der Waals surface area (Å²) in [5, 5.41) is 7.57. The molecule has 0 aromatic carbocycles. The Morgan fingerprint density at radius 1 is 1.14 bits per heavy atom. The minimum absolute atomic E-state index is 0. The second-order valence-corrected chi connectivity index (χ2v) is 7.72. The lowest BCUT2D eigenvalue weighted by atomic mass is 9.81. The van der Waals surface area contributed by atoms with E-state index < -0.39 is 0 Å². The topological polar surface area (TPSA) is 33.3 Å². The maximum atomic E-state index is 5.66. The Kier molecular flexibility index (Phi) is 7.96. The van der Waals surface area contributed by atoms with E-state index in [4.69, 9.17) is 4.74 Å². The molecular formula is C18H35ClN2O. The first-order valence-electron chi connectivity index (χ1n) is 9.37. The molecule has 1 aliphatic heterocycles. The van der Waals surface area contributed by atoms with Gasteiger partial charge in [-0.3, -0.25) is 0 Å². The van der Waals surface area contributed by atoms with E-state index in [1.54, 1.807) is 0 Å². The minimum atomic E-state index is 0. The molecule has 0 aromatic rings. The third-order valence-corrected chi connectivity index (χ3v) is 6.04. The summed E-state index contributed by atoms with van der Waals surface area (Å²) in [6.07, 6.45) is 11.4. The van der Waals surface area contributed by atoms with E-state index in [0.29, 0.717) is 6.04 Å². The summed E-state index contributed by atoms with van der Waals surface area (Å²) in [6, 6.07) is 1.32. The highest BCUT2D eigenvalue weighted by atomic mass is 35.5. The fourth-order valence-corrected chi connectivity index (χ4v) is 4.88. The van der Waals surface area contributed by atoms with E-state index in [2.05, 4.69) is 17.6 Å². The van der Waals surface area contributed by atoms with Gasteiger partial charge in [-0.2, -0.15) is 0 Å². The van der Waals surface area contributed by atoms with Crippen molar-refractivity contribution in [2.75, 3.05) is 26.3 Å². The zero-order valence-electron chi connectivity index (χ0n) is 14.2. The Labute approximate surface area is 142 Å². The number of rotatable bonds is 5. The van der Waals surface area contributed by atoms with E-state index in [1.807, 2.05) is 0 Å². The highest BCUT2D eigenvalue weighted by molar-refractivity contribution is 5.85. The fraction of sp³-hybridized carbons (Fsp3) is 1.00. The van der Waals surface area contributed by atoms with Crippen LogP contribution in [0.1, 0.15) is 58.3 Å². The molecular weight excluding hydrogens is 296 g/mol. The van der Waals surface area contributed by atoms with Crippen molar-refractivity contribution in [2.45, 2.75) is 70.4 Å². The smallest absolute Gasteiger partial charge is 0.0623 e. The van der Waals surface area contributed by atoms with Crippen LogP contribution in [0.5, 0.6) is 0 Å². The van der Waals surface area contributed by atoms with Gasteiger partial charge in [0.25, 0.3) is 0 Å². The first-order chi connectivity index (χ1) is 10.3. The Morgan fingerprint density at radius 2 is 2.00 bits per heavy atom. The van der Waals surface area contributed by atoms with Crippen LogP contribution in [0.15, 0.2) is 0 Å². The molecule has 22 heavy (non-hydrogen) atoms. The molecule has 3 rings (SSSR count). The molecule has 2 saturated carbocycles. The van der Waals surface area contributed by atoms with E-state index in [0.717, 1.165) is 43.6 Å². The zero-order valence-corrected chi connectivity index (χ0v) is 15.0. The van der Waals surface area contributed by atoms with Crippen LogP contribution in [0, 0.1) is 17.8 Å². The SMILES string of the molecule is CC1CCCC(CCNC2CCCC2C2COCCN2)C1.Cl. The van der Waals surface area contributed by atoms with Crippen LogP contribution in [0.4, 0.5) is 0 Å². The molecule has 0 bridgehead atoms. The van der Waals surface area contributed by atoms with Crippen molar-refractivity contribution >= 4 is 12.4 Å². The average Bonchev–Trinajstić information content (AvgIpc) is 2.97. The maximum Gasteiger partial charge on any atom is 0.0623 e. The molecule has 0 amide bonds. The van der Waals surface area contributed by atoms with Gasteiger partial charge in [0.1, 0.15) is 0 Å². The van der Waals surface area contributed by atoms with Crippen molar-refractivity contribution in [1.29, 1.82) is 0 Å². The fourth-order valence-electron chi connectivity index (χ4n) is 4.88. The zero-order chi connectivity index (χ0) is 14.5. The number of halogens is 1. The van der Waals surface area contributed by atoms with Crippen molar-refractivity contribution < 1.29 is 4.74 Å². The van der Waals surface area contributed by atoms with Gasteiger partial charge in [-0.15, -0.1) is 12.4 Å². The summed E-state index contributed by atoms with van der Waals surface area (Å²) < 4.78 is 5.66. The first kappa shape index (κ1) is 18.5. The average molecular weight is 331 g/mol. The van der Waals surface area contributed by atoms with E-state index in [-0.39, 0.29) is 12.4 Å². The van der Waals surface area contributed by atoms with Crippen LogP contribution >= 0.6 is 12.4 Å². The molecule has 0 radical (unpaired) electrons. The summed E-state index contributed by atoms with van der Waals surface area (Å²) >= 11 is 0. The summed E-state index contributed by atoms with van der Waals surface area (Å²) in [4.78, 5) is 0. The molecule has 1 saturated heterocycles. The van der Waals surface area contributed by atoms with Crippen LogP contribution in [0.2, 0.25) is 0 Å². The van der Waals surface area contributed by atoms with E-state index in [9.17, 15) is 0 Å². The minimum Gasteiger partial charge on any atom is -0.379 e. The molecule has 0 aromatic heterocycles. The third kappa shape index (κ3) is 5.09. The molecule has 5 unspecified atom stereocenters. The van der Waals surface area contributed by atoms with Gasteiger partial charge in [-0.05, 0) is 50.0 Å². The van der Waals surface area contributed by atoms with Crippen LogP contribution < -0.4 is 10.6 Å². The van der Waals surface area contributed by atoms with Gasteiger partial charge in [-0.1, -0.05) is 32.6 Å². The lowest BCUT2D eigenvalue weighted by Gasteiger charge is -2.33. The Balaban J connectivity index is 0.00000176. The van der Waals surface area contributed by atoms with Crippen molar-refractivity contribution in [1.82, 2.24) is 10.6 Å². The van der Waals surface area contributed by atoms with E-state index in [1.165, 1.54) is 57.9 Å². The molecule has 3 aliphatic rings. The molecule has 130 valence electrons. The Hall–Kier alpha value is 0.170. The number of ether oxygens (including phenoxy) is 1. The van der Waals surface area contributed by atoms with Crippen molar-refractivity contribution in [3.05, 3.63) is 0 Å². The molecule has 1 heterocycles. The molecule has 0 spiro atoms. The number of nitrogens with one attached hydrogen (secondary N) is 2.